The van der Waals surface area contributed by atoms with Gasteiger partial charge in [-0.1, -0.05) is 38.5 Å². The molecule has 2 aromatic rings. The number of carbonyl (C=O) groups excluding carboxylic acids is 3. The number of ether oxygens (including phenoxy) is 2. The minimum atomic E-state index is -1.03. The van der Waals surface area contributed by atoms with Gasteiger partial charge in [0.25, 0.3) is 11.8 Å². The predicted octanol–water partition coefficient (Wildman–Crippen LogP) is 3.80. The number of anilines is 1. The highest BCUT2D eigenvalue weighted by Gasteiger charge is 2.30. The van der Waals surface area contributed by atoms with Gasteiger partial charge >= 0.3 is 5.97 Å². The predicted molar refractivity (Wildman–Crippen MR) is 119 cm³/mol. The van der Waals surface area contributed by atoms with Crippen LogP contribution in [0.15, 0.2) is 54.6 Å². The Balaban J connectivity index is 1.99. The van der Waals surface area contributed by atoms with Gasteiger partial charge in [-0.15, -0.1) is 0 Å². The average molecular weight is 427 g/mol. The maximum atomic E-state index is 12.8. The van der Waals surface area contributed by atoms with Crippen LogP contribution >= 0.6 is 0 Å². The molecule has 166 valence electrons. The van der Waals surface area contributed by atoms with E-state index in [4.69, 9.17) is 9.47 Å². The Labute approximate surface area is 183 Å². The van der Waals surface area contributed by atoms with Gasteiger partial charge in [0.1, 0.15) is 11.8 Å². The van der Waals surface area contributed by atoms with E-state index < -0.39 is 24.0 Å². The molecule has 31 heavy (non-hydrogen) atoms. The summed E-state index contributed by atoms with van der Waals surface area (Å²) < 4.78 is 10.8. The molecule has 0 aliphatic carbocycles. The molecular weight excluding hydrogens is 396 g/mol. The summed E-state index contributed by atoms with van der Waals surface area (Å²) in [6, 6.07) is 14.7. The van der Waals surface area contributed by atoms with Crippen LogP contribution in [-0.4, -0.2) is 36.5 Å². The van der Waals surface area contributed by atoms with Crippen molar-refractivity contribution in [1.82, 2.24) is 5.32 Å². The number of esters is 1. The maximum absolute atomic E-state index is 12.8. The van der Waals surface area contributed by atoms with Crippen molar-refractivity contribution in [2.45, 2.75) is 46.3 Å². The zero-order chi connectivity index (χ0) is 22.8. The fourth-order valence-electron chi connectivity index (χ4n) is 2.83. The van der Waals surface area contributed by atoms with E-state index in [1.54, 1.807) is 48.5 Å². The Morgan fingerprint density at radius 3 is 2.16 bits per heavy atom. The van der Waals surface area contributed by atoms with Crippen LogP contribution in [-0.2, 0) is 14.3 Å². The lowest BCUT2D eigenvalue weighted by Gasteiger charge is -2.24. The molecule has 2 rings (SSSR count). The second-order valence-electron chi connectivity index (χ2n) is 7.23. The summed E-state index contributed by atoms with van der Waals surface area (Å²) in [6.07, 6.45) is -0.374. The summed E-state index contributed by atoms with van der Waals surface area (Å²) in [5, 5.41) is 5.44. The Hall–Kier alpha value is -3.35. The number of amides is 2. The molecule has 3 atom stereocenters. The lowest BCUT2D eigenvalue weighted by Crippen LogP contribution is -2.47. The van der Waals surface area contributed by atoms with E-state index in [1.165, 1.54) is 6.92 Å². The standard InChI is InChI=1S/C24H30N2O5/c1-5-16(3)21(26-23(28)18-10-8-7-9-11-18)24(29)31-17(4)22(27)25-19-12-14-20(15-13-19)30-6-2/h7-17,21H,5-6H2,1-4H3,(H,25,27)(H,26,28)/t16-,17-,21-/m0/s1. The molecule has 0 unspecified atom stereocenters. The largest absolute Gasteiger partial charge is 0.494 e. The third-order valence-corrected chi connectivity index (χ3v) is 4.88. The molecule has 0 fully saturated rings. The van der Waals surface area contributed by atoms with Gasteiger partial charge in [0.05, 0.1) is 6.61 Å². The van der Waals surface area contributed by atoms with Crippen molar-refractivity contribution < 1.29 is 23.9 Å². The minimum Gasteiger partial charge on any atom is -0.494 e. The number of hydrogen-bond acceptors (Lipinski definition) is 5. The summed E-state index contributed by atoms with van der Waals surface area (Å²) in [5.74, 6) is -0.941. The molecule has 0 aliphatic heterocycles. The van der Waals surface area contributed by atoms with Gasteiger partial charge < -0.3 is 20.1 Å². The molecule has 0 aliphatic rings. The molecule has 7 heteroatoms. The van der Waals surface area contributed by atoms with Gasteiger partial charge in [-0.3, -0.25) is 9.59 Å². The third-order valence-electron chi connectivity index (χ3n) is 4.88. The monoisotopic (exact) mass is 426 g/mol. The molecular formula is C24H30N2O5. The first kappa shape index (κ1) is 23.9. The second-order valence-corrected chi connectivity index (χ2v) is 7.23. The van der Waals surface area contributed by atoms with Crippen LogP contribution in [0, 0.1) is 5.92 Å². The van der Waals surface area contributed by atoms with Crippen molar-refractivity contribution in [1.29, 1.82) is 0 Å². The first-order valence-electron chi connectivity index (χ1n) is 10.5. The zero-order valence-electron chi connectivity index (χ0n) is 18.4. The van der Waals surface area contributed by atoms with E-state index in [2.05, 4.69) is 10.6 Å². The molecule has 2 aromatic carbocycles. The molecule has 2 N–H and O–H groups in total. The van der Waals surface area contributed by atoms with Crippen LogP contribution in [0.5, 0.6) is 5.75 Å². The highest BCUT2D eigenvalue weighted by atomic mass is 16.5. The summed E-state index contributed by atoms with van der Waals surface area (Å²) >= 11 is 0. The van der Waals surface area contributed by atoms with Gasteiger partial charge in [-0.25, -0.2) is 4.79 Å². The maximum Gasteiger partial charge on any atom is 0.329 e. The van der Waals surface area contributed by atoms with Gasteiger partial charge in [0.2, 0.25) is 0 Å². The van der Waals surface area contributed by atoms with Crippen LogP contribution in [0.1, 0.15) is 44.5 Å². The molecule has 0 heterocycles. The zero-order valence-corrected chi connectivity index (χ0v) is 18.4. The van der Waals surface area contributed by atoms with E-state index in [-0.39, 0.29) is 11.8 Å². The normalized spacial score (nSPS) is 13.4. The van der Waals surface area contributed by atoms with E-state index in [1.807, 2.05) is 26.8 Å². The molecule has 2 amide bonds. The smallest absolute Gasteiger partial charge is 0.329 e. The molecule has 0 saturated carbocycles. The topological polar surface area (TPSA) is 93.7 Å². The summed E-state index contributed by atoms with van der Waals surface area (Å²) in [5.41, 5.74) is 1.01. The number of nitrogens with one attached hydrogen (secondary N) is 2. The molecule has 0 aromatic heterocycles. The Morgan fingerprint density at radius 1 is 0.935 bits per heavy atom. The van der Waals surface area contributed by atoms with Crippen LogP contribution in [0.4, 0.5) is 5.69 Å². The summed E-state index contributed by atoms with van der Waals surface area (Å²) in [6.45, 7) is 7.70. The molecule has 0 radical (unpaired) electrons. The Morgan fingerprint density at radius 2 is 1.58 bits per heavy atom. The molecule has 0 spiro atoms. The molecule has 0 saturated heterocycles. The summed E-state index contributed by atoms with van der Waals surface area (Å²) in [4.78, 5) is 37.7. The number of carbonyl (C=O) groups is 3. The molecule has 7 nitrogen and oxygen atoms in total. The fourth-order valence-corrected chi connectivity index (χ4v) is 2.83. The van der Waals surface area contributed by atoms with Crippen LogP contribution in [0.3, 0.4) is 0 Å². The molecule has 0 bridgehead atoms. The van der Waals surface area contributed by atoms with Crippen molar-refractivity contribution in [2.24, 2.45) is 5.92 Å². The highest BCUT2D eigenvalue weighted by molar-refractivity contribution is 5.98. The lowest BCUT2D eigenvalue weighted by molar-refractivity contribution is -0.156. The van der Waals surface area contributed by atoms with Crippen molar-refractivity contribution in [2.75, 3.05) is 11.9 Å². The van der Waals surface area contributed by atoms with Crippen LogP contribution in [0.2, 0.25) is 0 Å². The minimum absolute atomic E-state index is 0.165. The quantitative estimate of drug-likeness (QED) is 0.564. The van der Waals surface area contributed by atoms with Crippen molar-refractivity contribution in [3.8, 4) is 5.75 Å². The van der Waals surface area contributed by atoms with Gasteiger partial charge in [-0.2, -0.15) is 0 Å². The first-order chi connectivity index (χ1) is 14.8. The van der Waals surface area contributed by atoms with Crippen molar-refractivity contribution in [3.63, 3.8) is 0 Å². The number of benzene rings is 2. The van der Waals surface area contributed by atoms with Gasteiger partial charge in [0, 0.05) is 11.3 Å². The summed E-state index contributed by atoms with van der Waals surface area (Å²) in [7, 11) is 0. The van der Waals surface area contributed by atoms with Crippen LogP contribution in [0.25, 0.3) is 0 Å². The highest BCUT2D eigenvalue weighted by Crippen LogP contribution is 2.17. The van der Waals surface area contributed by atoms with Gasteiger partial charge in [0.15, 0.2) is 6.10 Å². The van der Waals surface area contributed by atoms with Crippen molar-refractivity contribution in [3.05, 3.63) is 60.2 Å². The SMILES string of the molecule is CCOc1ccc(NC(=O)[C@H](C)OC(=O)[C@@H](NC(=O)c2ccccc2)[C@@H](C)CC)cc1. The Kier molecular flexibility index (Phi) is 9.06. The van der Waals surface area contributed by atoms with Crippen molar-refractivity contribution >= 4 is 23.5 Å². The fraction of sp³-hybridized carbons (Fsp3) is 0.375. The number of hydrogen-bond donors (Lipinski definition) is 2. The second kappa shape index (κ2) is 11.7. The van der Waals surface area contributed by atoms with E-state index in [0.717, 1.165) is 0 Å². The lowest BCUT2D eigenvalue weighted by atomic mass is 9.98. The Bertz CT molecular complexity index is 867. The van der Waals surface area contributed by atoms with E-state index in [0.29, 0.717) is 30.0 Å². The number of rotatable bonds is 10. The first-order valence-corrected chi connectivity index (χ1v) is 10.5. The van der Waals surface area contributed by atoms with E-state index >= 15 is 0 Å². The van der Waals surface area contributed by atoms with Gasteiger partial charge in [-0.05, 0) is 56.2 Å². The third kappa shape index (κ3) is 7.13. The average Bonchev–Trinajstić information content (AvgIpc) is 2.78. The van der Waals surface area contributed by atoms with E-state index in [9.17, 15) is 14.4 Å². The van der Waals surface area contributed by atoms with Crippen LogP contribution < -0.4 is 15.4 Å².